The van der Waals surface area contributed by atoms with Crippen molar-refractivity contribution < 1.29 is 4.42 Å². The maximum absolute atomic E-state index is 5.46. The minimum absolute atomic E-state index is 0.455. The predicted octanol–water partition coefficient (Wildman–Crippen LogP) is 1.39. The number of nitrogens with two attached hydrogens (primary N) is 1. The lowest BCUT2D eigenvalue weighted by atomic mass is 10.2. The molecule has 0 saturated heterocycles. The number of hydrogen-bond acceptors (Lipinski definition) is 3. The van der Waals surface area contributed by atoms with Gasteiger partial charge < -0.3 is 10.2 Å². The highest BCUT2D eigenvalue weighted by atomic mass is 16.4. The molecule has 62 valence electrons. The minimum atomic E-state index is 0.455. The largest absolute Gasteiger partial charge is 0.444 e. The number of aromatic nitrogens is 1. The van der Waals surface area contributed by atoms with E-state index < -0.39 is 0 Å². The molecule has 0 atom stereocenters. The lowest BCUT2D eigenvalue weighted by molar-refractivity contribution is 0.474. The van der Waals surface area contributed by atoms with E-state index in [9.17, 15) is 0 Å². The summed E-state index contributed by atoms with van der Waals surface area (Å²) in [5, 5.41) is 0. The molecular formula is C8H14N2O. The van der Waals surface area contributed by atoms with E-state index in [2.05, 4.69) is 11.9 Å². The Morgan fingerprint density at radius 3 is 2.82 bits per heavy atom. The van der Waals surface area contributed by atoms with Crippen LogP contribution < -0.4 is 5.73 Å². The van der Waals surface area contributed by atoms with Gasteiger partial charge in [-0.1, -0.05) is 13.3 Å². The average molecular weight is 154 g/mol. The fourth-order valence-corrected chi connectivity index (χ4v) is 1.10. The summed E-state index contributed by atoms with van der Waals surface area (Å²) in [5.41, 5.74) is 6.48. The van der Waals surface area contributed by atoms with Gasteiger partial charge in [-0.2, -0.15) is 0 Å². The number of rotatable bonds is 3. The van der Waals surface area contributed by atoms with Crippen LogP contribution in [0, 0.1) is 6.92 Å². The molecule has 0 fully saturated rings. The Balaban J connectivity index is 2.83. The zero-order chi connectivity index (χ0) is 8.27. The van der Waals surface area contributed by atoms with E-state index in [0.29, 0.717) is 12.4 Å². The molecule has 0 saturated carbocycles. The molecule has 0 spiro atoms. The molecule has 0 unspecified atom stereocenters. The Kier molecular flexibility index (Phi) is 2.65. The van der Waals surface area contributed by atoms with Crippen molar-refractivity contribution in [2.24, 2.45) is 5.73 Å². The maximum Gasteiger partial charge on any atom is 0.191 e. The van der Waals surface area contributed by atoms with Crippen molar-refractivity contribution in [2.45, 2.75) is 33.2 Å². The normalized spacial score (nSPS) is 10.5. The summed E-state index contributed by atoms with van der Waals surface area (Å²) in [4.78, 5) is 4.22. The van der Waals surface area contributed by atoms with Gasteiger partial charge in [0.25, 0.3) is 0 Å². The van der Waals surface area contributed by atoms with Crippen LogP contribution in [0.25, 0.3) is 0 Å². The fraction of sp³-hybridized carbons (Fsp3) is 0.625. The van der Waals surface area contributed by atoms with Crippen LogP contribution in [0.15, 0.2) is 4.42 Å². The van der Waals surface area contributed by atoms with E-state index in [1.165, 1.54) is 0 Å². The maximum atomic E-state index is 5.46. The highest BCUT2D eigenvalue weighted by Crippen LogP contribution is 2.11. The topological polar surface area (TPSA) is 52.0 Å². The Hall–Kier alpha value is -0.830. The summed E-state index contributed by atoms with van der Waals surface area (Å²) in [6.07, 6.45) is 2.04. The molecule has 1 heterocycles. The Morgan fingerprint density at radius 2 is 2.27 bits per heavy atom. The Labute approximate surface area is 66.6 Å². The molecule has 3 heteroatoms. The second kappa shape index (κ2) is 3.53. The molecule has 0 radical (unpaired) electrons. The quantitative estimate of drug-likeness (QED) is 0.715. The molecule has 3 nitrogen and oxygen atoms in total. The molecule has 0 aliphatic carbocycles. The van der Waals surface area contributed by atoms with Crippen molar-refractivity contribution in [1.82, 2.24) is 4.98 Å². The van der Waals surface area contributed by atoms with Crippen molar-refractivity contribution in [3.63, 3.8) is 0 Å². The summed E-state index contributed by atoms with van der Waals surface area (Å²) >= 11 is 0. The SMILES string of the molecule is CCCc1nc(C)oc1CN. The van der Waals surface area contributed by atoms with Crippen molar-refractivity contribution in [3.05, 3.63) is 17.3 Å². The lowest BCUT2D eigenvalue weighted by Crippen LogP contribution is -1.98. The van der Waals surface area contributed by atoms with Crippen LogP contribution in [0.2, 0.25) is 0 Å². The first kappa shape index (κ1) is 8.27. The van der Waals surface area contributed by atoms with Gasteiger partial charge in [0.05, 0.1) is 12.2 Å². The molecule has 0 aliphatic rings. The predicted molar refractivity (Wildman–Crippen MR) is 43.1 cm³/mol. The molecule has 0 aromatic carbocycles. The summed E-state index contributed by atoms with van der Waals surface area (Å²) in [7, 11) is 0. The fourth-order valence-electron chi connectivity index (χ4n) is 1.10. The lowest BCUT2D eigenvalue weighted by Gasteiger charge is -1.92. The molecule has 1 aromatic heterocycles. The van der Waals surface area contributed by atoms with Crippen LogP contribution in [0.1, 0.15) is 30.7 Å². The first-order valence-corrected chi connectivity index (χ1v) is 3.93. The Morgan fingerprint density at radius 1 is 1.55 bits per heavy atom. The molecule has 2 N–H and O–H groups in total. The minimum Gasteiger partial charge on any atom is -0.444 e. The molecule has 0 bridgehead atoms. The second-order valence-electron chi connectivity index (χ2n) is 2.56. The third-order valence-electron chi connectivity index (χ3n) is 1.56. The van der Waals surface area contributed by atoms with E-state index in [1.807, 2.05) is 6.92 Å². The molecular weight excluding hydrogens is 140 g/mol. The molecule has 0 amide bonds. The number of hydrogen-bond donors (Lipinski definition) is 1. The van der Waals surface area contributed by atoms with Crippen LogP contribution in [0.3, 0.4) is 0 Å². The van der Waals surface area contributed by atoms with Crippen LogP contribution in [-0.2, 0) is 13.0 Å². The standard InChI is InChI=1S/C8H14N2O/c1-3-4-7-8(5-9)11-6(2)10-7/h3-5,9H2,1-2H3. The molecule has 1 aromatic rings. The van der Waals surface area contributed by atoms with Gasteiger partial charge in [-0.15, -0.1) is 0 Å². The zero-order valence-corrected chi connectivity index (χ0v) is 7.05. The smallest absolute Gasteiger partial charge is 0.191 e. The first-order valence-electron chi connectivity index (χ1n) is 3.93. The van der Waals surface area contributed by atoms with Crippen molar-refractivity contribution in [2.75, 3.05) is 0 Å². The van der Waals surface area contributed by atoms with Crippen LogP contribution in [0.5, 0.6) is 0 Å². The van der Waals surface area contributed by atoms with Gasteiger partial charge >= 0.3 is 0 Å². The van der Waals surface area contributed by atoms with E-state index in [-0.39, 0.29) is 0 Å². The van der Waals surface area contributed by atoms with Crippen LogP contribution >= 0.6 is 0 Å². The van der Waals surface area contributed by atoms with Gasteiger partial charge in [0, 0.05) is 6.92 Å². The summed E-state index contributed by atoms with van der Waals surface area (Å²) < 4.78 is 5.28. The van der Waals surface area contributed by atoms with Gasteiger partial charge in [-0.25, -0.2) is 4.98 Å². The van der Waals surface area contributed by atoms with Gasteiger partial charge in [0.1, 0.15) is 5.76 Å². The monoisotopic (exact) mass is 154 g/mol. The molecule has 0 aliphatic heterocycles. The number of oxazole rings is 1. The Bertz CT molecular complexity index is 230. The first-order chi connectivity index (χ1) is 5.27. The van der Waals surface area contributed by atoms with E-state index in [1.54, 1.807) is 0 Å². The number of nitrogens with zero attached hydrogens (tertiary/aromatic N) is 1. The third-order valence-corrected chi connectivity index (χ3v) is 1.56. The molecule has 1 rings (SSSR count). The third kappa shape index (κ3) is 1.80. The van der Waals surface area contributed by atoms with Gasteiger partial charge in [-0.05, 0) is 6.42 Å². The zero-order valence-electron chi connectivity index (χ0n) is 7.05. The average Bonchev–Trinajstić information content (AvgIpc) is 2.32. The van der Waals surface area contributed by atoms with E-state index >= 15 is 0 Å². The van der Waals surface area contributed by atoms with E-state index in [0.717, 1.165) is 24.3 Å². The highest BCUT2D eigenvalue weighted by Gasteiger charge is 2.06. The van der Waals surface area contributed by atoms with Gasteiger partial charge in [0.15, 0.2) is 5.89 Å². The van der Waals surface area contributed by atoms with Crippen molar-refractivity contribution in [1.29, 1.82) is 0 Å². The van der Waals surface area contributed by atoms with Crippen molar-refractivity contribution in [3.8, 4) is 0 Å². The van der Waals surface area contributed by atoms with Crippen molar-refractivity contribution >= 4 is 0 Å². The summed E-state index contributed by atoms with van der Waals surface area (Å²) in [6, 6.07) is 0. The van der Waals surface area contributed by atoms with Gasteiger partial charge in [0.2, 0.25) is 0 Å². The number of aryl methyl sites for hydroxylation is 2. The van der Waals surface area contributed by atoms with Crippen LogP contribution in [0.4, 0.5) is 0 Å². The summed E-state index contributed by atoms with van der Waals surface area (Å²) in [5.74, 6) is 1.55. The molecule has 11 heavy (non-hydrogen) atoms. The van der Waals surface area contributed by atoms with Crippen LogP contribution in [-0.4, -0.2) is 4.98 Å². The van der Waals surface area contributed by atoms with E-state index in [4.69, 9.17) is 10.2 Å². The van der Waals surface area contributed by atoms with Gasteiger partial charge in [-0.3, -0.25) is 0 Å². The highest BCUT2D eigenvalue weighted by molar-refractivity contribution is 5.09. The second-order valence-corrected chi connectivity index (χ2v) is 2.56. The summed E-state index contributed by atoms with van der Waals surface area (Å²) in [6.45, 7) is 4.42.